The van der Waals surface area contributed by atoms with Crippen LogP contribution in [0.3, 0.4) is 0 Å². The Morgan fingerprint density at radius 1 is 1.25 bits per heavy atom. The van der Waals surface area contributed by atoms with Crippen LogP contribution < -0.4 is 16.2 Å². The van der Waals surface area contributed by atoms with E-state index in [1.807, 2.05) is 0 Å². The van der Waals surface area contributed by atoms with Gasteiger partial charge in [0.15, 0.2) is 0 Å². The average Bonchev–Trinajstić information content (AvgIpc) is 3.14. The van der Waals surface area contributed by atoms with Crippen LogP contribution in [0.1, 0.15) is 30.6 Å². The van der Waals surface area contributed by atoms with E-state index < -0.39 is 15.6 Å². The average molecular weight is 429 g/mol. The lowest BCUT2D eigenvalue weighted by molar-refractivity contribution is 0.0941. The summed E-state index contributed by atoms with van der Waals surface area (Å²) >= 11 is 0. The largest absolute Gasteiger partial charge is 0.348 e. The maximum atomic E-state index is 12.8. The molecule has 28 heavy (non-hydrogen) atoms. The summed E-state index contributed by atoms with van der Waals surface area (Å²) in [7, 11) is -3.67. The van der Waals surface area contributed by atoms with Gasteiger partial charge in [0, 0.05) is 42.6 Å². The van der Waals surface area contributed by atoms with Crippen LogP contribution in [-0.2, 0) is 10.0 Å². The summed E-state index contributed by atoms with van der Waals surface area (Å²) < 4.78 is 27.0. The summed E-state index contributed by atoms with van der Waals surface area (Å²) in [5, 5.41) is 6.48. The third kappa shape index (κ3) is 4.38. The first-order valence-electron chi connectivity index (χ1n) is 9.05. The number of fused-ring (bicyclic) bond motifs is 1. The maximum absolute atomic E-state index is 12.8. The van der Waals surface area contributed by atoms with Crippen molar-refractivity contribution in [2.45, 2.75) is 31.2 Å². The van der Waals surface area contributed by atoms with Crippen LogP contribution in [0, 0.1) is 0 Å². The van der Waals surface area contributed by atoms with Crippen molar-refractivity contribution in [2.24, 2.45) is 0 Å². The third-order valence-corrected chi connectivity index (χ3v) is 6.84. The fourth-order valence-electron chi connectivity index (χ4n) is 3.33. The molecule has 1 amide bonds. The van der Waals surface area contributed by atoms with Crippen molar-refractivity contribution in [1.82, 2.24) is 19.9 Å². The number of H-pyrrole nitrogens is 1. The van der Waals surface area contributed by atoms with E-state index in [1.54, 1.807) is 13.8 Å². The van der Waals surface area contributed by atoms with Gasteiger partial charge in [-0.15, -0.1) is 12.4 Å². The van der Waals surface area contributed by atoms with Crippen LogP contribution in [0.2, 0.25) is 0 Å². The Bertz CT molecular complexity index is 1010. The molecule has 1 unspecified atom stereocenters. The van der Waals surface area contributed by atoms with Gasteiger partial charge in [0.1, 0.15) is 0 Å². The number of amides is 1. The van der Waals surface area contributed by atoms with Crippen LogP contribution in [0.25, 0.3) is 10.9 Å². The molecule has 1 aliphatic heterocycles. The number of rotatable bonds is 6. The first kappa shape index (κ1) is 22.4. The highest BCUT2D eigenvalue weighted by molar-refractivity contribution is 7.89. The minimum Gasteiger partial charge on any atom is -0.348 e. The predicted molar refractivity (Wildman–Crippen MR) is 111 cm³/mol. The molecule has 0 spiro atoms. The molecular weight excluding hydrogens is 404 g/mol. The Morgan fingerprint density at radius 3 is 2.57 bits per heavy atom. The molecule has 1 fully saturated rings. The highest BCUT2D eigenvalue weighted by atomic mass is 35.5. The van der Waals surface area contributed by atoms with Gasteiger partial charge in [-0.1, -0.05) is 13.8 Å². The molecule has 1 aliphatic rings. The molecule has 3 N–H and O–H groups in total. The normalized spacial score (nSPS) is 16.9. The number of benzene rings is 1. The monoisotopic (exact) mass is 428 g/mol. The summed E-state index contributed by atoms with van der Waals surface area (Å²) in [6.45, 7) is 5.75. The topological polar surface area (TPSA) is 111 Å². The van der Waals surface area contributed by atoms with Crippen molar-refractivity contribution >= 4 is 39.2 Å². The number of carbonyl (C=O) groups is 1. The minimum atomic E-state index is -3.67. The van der Waals surface area contributed by atoms with E-state index in [9.17, 15) is 18.0 Å². The number of hydrogen-bond acceptors (Lipinski definition) is 5. The van der Waals surface area contributed by atoms with E-state index in [4.69, 9.17) is 0 Å². The molecule has 1 aromatic carbocycles. The fraction of sp³-hybridized carbons (Fsp3) is 0.444. The van der Waals surface area contributed by atoms with Gasteiger partial charge in [0.2, 0.25) is 15.6 Å². The number of aromatic nitrogens is 1. The first-order valence-corrected chi connectivity index (χ1v) is 10.5. The van der Waals surface area contributed by atoms with Gasteiger partial charge in [-0.3, -0.25) is 9.59 Å². The Balaban J connectivity index is 0.00000280. The van der Waals surface area contributed by atoms with Gasteiger partial charge in [-0.05, 0) is 31.2 Å². The van der Waals surface area contributed by atoms with Gasteiger partial charge in [-0.2, -0.15) is 4.31 Å². The van der Waals surface area contributed by atoms with Crippen LogP contribution in [0.15, 0.2) is 34.0 Å². The van der Waals surface area contributed by atoms with Gasteiger partial charge in [0.05, 0.1) is 10.5 Å². The molecule has 3 rings (SSSR count). The second kappa shape index (κ2) is 9.04. The van der Waals surface area contributed by atoms with Gasteiger partial charge in [-0.25, -0.2) is 8.42 Å². The van der Waals surface area contributed by atoms with E-state index in [0.717, 1.165) is 13.0 Å². The maximum Gasteiger partial charge on any atom is 0.252 e. The Labute approximate surface area is 170 Å². The summed E-state index contributed by atoms with van der Waals surface area (Å²) in [5.41, 5.74) is 0.199. The van der Waals surface area contributed by atoms with Crippen molar-refractivity contribution in [3.05, 3.63) is 40.2 Å². The Hall–Kier alpha value is -1.94. The van der Waals surface area contributed by atoms with Crippen molar-refractivity contribution in [2.75, 3.05) is 26.2 Å². The number of aromatic amines is 1. The smallest absolute Gasteiger partial charge is 0.252 e. The zero-order valence-electron chi connectivity index (χ0n) is 15.8. The van der Waals surface area contributed by atoms with Crippen molar-refractivity contribution in [1.29, 1.82) is 0 Å². The SMILES string of the molecule is CCN(CC)S(=O)(=O)c1ccc2[nH]c(=O)cc(C(=O)NC3CCNC3)c2c1.Cl. The van der Waals surface area contributed by atoms with Crippen LogP contribution in [0.4, 0.5) is 0 Å². The molecule has 2 aromatic rings. The molecule has 0 radical (unpaired) electrons. The van der Waals surface area contributed by atoms with E-state index in [0.29, 0.717) is 30.5 Å². The number of hydrogen-bond donors (Lipinski definition) is 3. The number of carbonyl (C=O) groups excluding carboxylic acids is 1. The minimum absolute atomic E-state index is 0. The van der Waals surface area contributed by atoms with Gasteiger partial charge in [0.25, 0.3) is 5.91 Å². The molecule has 1 saturated heterocycles. The van der Waals surface area contributed by atoms with E-state index in [1.165, 1.54) is 28.6 Å². The summed E-state index contributed by atoms with van der Waals surface area (Å²) in [4.78, 5) is 27.4. The number of nitrogens with one attached hydrogen (secondary N) is 3. The lowest BCUT2D eigenvalue weighted by Crippen LogP contribution is -2.36. The molecular formula is C18H25ClN4O4S. The quantitative estimate of drug-likeness (QED) is 0.637. The van der Waals surface area contributed by atoms with E-state index in [-0.39, 0.29) is 34.8 Å². The van der Waals surface area contributed by atoms with Crippen LogP contribution in [0.5, 0.6) is 0 Å². The number of halogens is 1. The zero-order chi connectivity index (χ0) is 19.6. The molecule has 10 heteroatoms. The summed E-state index contributed by atoms with van der Waals surface area (Å²) in [6.07, 6.45) is 0.814. The lowest BCUT2D eigenvalue weighted by atomic mass is 10.1. The van der Waals surface area contributed by atoms with E-state index in [2.05, 4.69) is 15.6 Å². The standard InChI is InChI=1S/C18H24N4O4S.ClH/c1-3-22(4-2)27(25,26)13-5-6-16-14(9-13)15(10-17(23)21-16)18(24)20-12-7-8-19-11-12;/h5-6,9-10,12,19H,3-4,7-8,11H2,1-2H3,(H,20,24)(H,21,23);1H. The number of sulfonamides is 1. The molecule has 0 aliphatic carbocycles. The Kier molecular flexibility index (Phi) is 7.22. The molecule has 1 atom stereocenters. The summed E-state index contributed by atoms with van der Waals surface area (Å²) in [6, 6.07) is 5.65. The predicted octanol–water partition coefficient (Wildman–Crippen LogP) is 1.07. The highest BCUT2D eigenvalue weighted by Crippen LogP contribution is 2.23. The third-order valence-electron chi connectivity index (χ3n) is 4.80. The Morgan fingerprint density at radius 2 is 1.96 bits per heavy atom. The second-order valence-corrected chi connectivity index (χ2v) is 8.45. The van der Waals surface area contributed by atoms with Crippen molar-refractivity contribution in [3.8, 4) is 0 Å². The zero-order valence-corrected chi connectivity index (χ0v) is 17.5. The highest BCUT2D eigenvalue weighted by Gasteiger charge is 2.24. The fourth-order valence-corrected chi connectivity index (χ4v) is 4.82. The molecule has 0 bridgehead atoms. The lowest BCUT2D eigenvalue weighted by Gasteiger charge is -2.19. The van der Waals surface area contributed by atoms with Crippen LogP contribution >= 0.6 is 12.4 Å². The molecule has 8 nitrogen and oxygen atoms in total. The number of nitrogens with zero attached hydrogens (tertiary/aromatic N) is 1. The number of pyridine rings is 1. The van der Waals surface area contributed by atoms with Gasteiger partial charge < -0.3 is 15.6 Å². The van der Waals surface area contributed by atoms with Gasteiger partial charge >= 0.3 is 0 Å². The first-order chi connectivity index (χ1) is 12.9. The van der Waals surface area contributed by atoms with Crippen molar-refractivity contribution in [3.63, 3.8) is 0 Å². The van der Waals surface area contributed by atoms with Crippen LogP contribution in [-0.4, -0.2) is 55.8 Å². The molecule has 2 heterocycles. The van der Waals surface area contributed by atoms with E-state index >= 15 is 0 Å². The molecule has 154 valence electrons. The molecule has 1 aromatic heterocycles. The second-order valence-electron chi connectivity index (χ2n) is 6.51. The van der Waals surface area contributed by atoms with Crippen molar-refractivity contribution < 1.29 is 13.2 Å². The molecule has 0 saturated carbocycles. The summed E-state index contributed by atoms with van der Waals surface area (Å²) in [5.74, 6) is -0.378.